The molecule has 3 bridgehead atoms. The molecule has 8 atom stereocenters. The Balaban J connectivity index is 1.30. The van der Waals surface area contributed by atoms with Crippen LogP contribution in [-0.4, -0.2) is 48.6 Å². The van der Waals surface area contributed by atoms with Gasteiger partial charge in [-0.3, -0.25) is 4.79 Å². The van der Waals surface area contributed by atoms with Gasteiger partial charge in [0.2, 0.25) is 0 Å². The van der Waals surface area contributed by atoms with Gasteiger partial charge < -0.3 is 23.7 Å². The molecule has 8 unspecified atom stereocenters. The summed E-state index contributed by atoms with van der Waals surface area (Å²) in [7, 11) is 0. The summed E-state index contributed by atoms with van der Waals surface area (Å²) in [5.41, 5.74) is -1.53. The number of hydrogen-bond donors (Lipinski definition) is 0. The molecule has 2 saturated heterocycles. The maximum absolute atomic E-state index is 14.1. The highest BCUT2D eigenvalue weighted by molar-refractivity contribution is 5.77. The zero-order valence-corrected chi connectivity index (χ0v) is 24.9. The van der Waals surface area contributed by atoms with Crippen LogP contribution in [0, 0.1) is 28.1 Å². The Bertz CT molecular complexity index is 915. The van der Waals surface area contributed by atoms with Crippen molar-refractivity contribution in [2.75, 3.05) is 13.2 Å². The minimum atomic E-state index is -0.521. The summed E-state index contributed by atoms with van der Waals surface area (Å²) in [6.07, 6.45) is 12.5. The topological polar surface area (TPSA) is 63.2 Å². The average molecular weight is 533 g/mol. The first-order chi connectivity index (χ1) is 17.8. The van der Waals surface area contributed by atoms with Gasteiger partial charge in [-0.1, -0.05) is 34.6 Å². The third kappa shape index (κ3) is 4.39. The summed E-state index contributed by atoms with van der Waals surface area (Å²) in [4.78, 5) is 14.1. The van der Waals surface area contributed by atoms with Gasteiger partial charge in [-0.15, -0.1) is 0 Å². The molecular weight excluding hydrogens is 480 g/mol. The van der Waals surface area contributed by atoms with E-state index in [-0.39, 0.29) is 46.5 Å². The van der Waals surface area contributed by atoms with Crippen LogP contribution in [-0.2, 0) is 28.5 Å². The van der Waals surface area contributed by atoms with E-state index < -0.39 is 11.0 Å². The molecule has 2 aliphatic heterocycles. The van der Waals surface area contributed by atoms with Crippen molar-refractivity contribution in [1.82, 2.24) is 0 Å². The normalized spacial score (nSPS) is 45.5. The summed E-state index contributed by atoms with van der Waals surface area (Å²) in [6.45, 7) is 14.7. The molecule has 6 nitrogen and oxygen atoms in total. The maximum Gasteiger partial charge on any atom is 0.312 e. The van der Waals surface area contributed by atoms with E-state index in [1.807, 2.05) is 0 Å². The van der Waals surface area contributed by atoms with Crippen molar-refractivity contribution in [2.45, 2.75) is 154 Å². The van der Waals surface area contributed by atoms with E-state index in [1.54, 1.807) is 0 Å². The smallest absolute Gasteiger partial charge is 0.312 e. The van der Waals surface area contributed by atoms with Crippen molar-refractivity contribution >= 4 is 5.97 Å². The summed E-state index contributed by atoms with van der Waals surface area (Å²) >= 11 is 0. The summed E-state index contributed by atoms with van der Waals surface area (Å²) in [5, 5.41) is 0. The minimum absolute atomic E-state index is 0.0132. The monoisotopic (exact) mass is 532 g/mol. The first-order valence-electron chi connectivity index (χ1n) is 15.6. The molecule has 0 aromatic heterocycles. The second kappa shape index (κ2) is 9.16. The number of fused-ring (bicyclic) bond motifs is 2. The fourth-order valence-corrected chi connectivity index (χ4v) is 9.84. The Morgan fingerprint density at radius 3 is 2.05 bits per heavy atom. The predicted molar refractivity (Wildman–Crippen MR) is 144 cm³/mol. The Kier molecular flexibility index (Phi) is 6.62. The molecule has 38 heavy (non-hydrogen) atoms. The van der Waals surface area contributed by atoms with Crippen LogP contribution in [0.2, 0.25) is 0 Å². The highest BCUT2D eigenvalue weighted by atomic mass is 16.7. The number of hydrogen-bond acceptors (Lipinski definition) is 6. The SMILES string of the molecule is CC(C)C(C)(CC(C)(C)C)C(=O)OC12CC3CC4(OC5CCCCO5)CC(OC5CCCCO5)(C1)CC34C2. The molecule has 0 amide bonds. The Labute approximate surface area is 230 Å². The van der Waals surface area contributed by atoms with Crippen LogP contribution < -0.4 is 0 Å². The Hall–Kier alpha value is -0.690. The van der Waals surface area contributed by atoms with Crippen LogP contribution in [0.3, 0.4) is 0 Å². The van der Waals surface area contributed by atoms with E-state index in [0.717, 1.165) is 96.7 Å². The zero-order valence-electron chi connectivity index (χ0n) is 24.9. The van der Waals surface area contributed by atoms with Crippen LogP contribution >= 0.6 is 0 Å². The number of ether oxygens (including phenoxy) is 5. The summed E-state index contributed by atoms with van der Waals surface area (Å²) in [6, 6.07) is 0. The summed E-state index contributed by atoms with van der Waals surface area (Å²) in [5.74, 6) is 0.702. The van der Waals surface area contributed by atoms with E-state index >= 15 is 0 Å². The number of carbonyl (C=O) groups excluding carboxylic acids is 1. The van der Waals surface area contributed by atoms with Crippen LogP contribution in [0.1, 0.15) is 125 Å². The molecule has 6 heteroatoms. The molecule has 0 aromatic carbocycles. The fourth-order valence-electron chi connectivity index (χ4n) is 9.84. The quantitative estimate of drug-likeness (QED) is 0.316. The second-order valence-corrected chi connectivity index (χ2v) is 15.9. The zero-order chi connectivity index (χ0) is 27.0. The number of carbonyl (C=O) groups is 1. The predicted octanol–water partition coefficient (Wildman–Crippen LogP) is 6.93. The van der Waals surface area contributed by atoms with Gasteiger partial charge in [0.05, 0.1) is 16.6 Å². The lowest BCUT2D eigenvalue weighted by Crippen LogP contribution is -2.61. The Morgan fingerprint density at radius 2 is 1.47 bits per heavy atom. The highest BCUT2D eigenvalue weighted by Crippen LogP contribution is 2.81. The summed E-state index contributed by atoms with van der Waals surface area (Å²) < 4.78 is 33.0. The van der Waals surface area contributed by atoms with Gasteiger partial charge in [-0.25, -0.2) is 0 Å². The molecule has 1 spiro atoms. The van der Waals surface area contributed by atoms with Gasteiger partial charge in [-0.05, 0) is 94.8 Å². The fraction of sp³-hybridized carbons (Fsp3) is 0.969. The highest BCUT2D eigenvalue weighted by Gasteiger charge is 2.84. The molecule has 0 radical (unpaired) electrons. The van der Waals surface area contributed by atoms with Crippen LogP contribution in [0.4, 0.5) is 0 Å². The minimum Gasteiger partial charge on any atom is -0.459 e. The molecular formula is C32H52O6. The lowest BCUT2D eigenvalue weighted by Gasteiger charge is -2.58. The average Bonchev–Trinajstić information content (AvgIpc) is 3.11. The van der Waals surface area contributed by atoms with Crippen molar-refractivity contribution in [2.24, 2.45) is 28.1 Å². The van der Waals surface area contributed by atoms with Crippen molar-refractivity contribution < 1.29 is 28.5 Å². The van der Waals surface area contributed by atoms with Gasteiger partial charge in [0.1, 0.15) is 5.60 Å². The Morgan fingerprint density at radius 1 is 0.842 bits per heavy atom. The van der Waals surface area contributed by atoms with Gasteiger partial charge in [0, 0.05) is 31.5 Å². The lowest BCUT2D eigenvalue weighted by atomic mass is 9.52. The van der Waals surface area contributed by atoms with Gasteiger partial charge in [0.25, 0.3) is 0 Å². The second-order valence-electron chi connectivity index (χ2n) is 15.9. The van der Waals surface area contributed by atoms with E-state index in [1.165, 1.54) is 0 Å². The number of rotatable bonds is 8. The van der Waals surface area contributed by atoms with E-state index in [9.17, 15) is 4.79 Å². The molecule has 0 aromatic rings. The van der Waals surface area contributed by atoms with Crippen molar-refractivity contribution in [3.05, 3.63) is 0 Å². The van der Waals surface area contributed by atoms with Crippen LogP contribution in [0.25, 0.3) is 0 Å². The molecule has 4 aliphatic carbocycles. The van der Waals surface area contributed by atoms with Crippen LogP contribution in [0.5, 0.6) is 0 Å². The van der Waals surface area contributed by atoms with Gasteiger partial charge in [-0.2, -0.15) is 0 Å². The van der Waals surface area contributed by atoms with Gasteiger partial charge in [0.15, 0.2) is 12.6 Å². The van der Waals surface area contributed by atoms with Crippen molar-refractivity contribution in [3.8, 4) is 0 Å². The third-order valence-corrected chi connectivity index (χ3v) is 11.4. The number of esters is 1. The van der Waals surface area contributed by atoms with Gasteiger partial charge >= 0.3 is 5.97 Å². The molecule has 6 fully saturated rings. The molecule has 216 valence electrons. The first kappa shape index (κ1) is 27.5. The van der Waals surface area contributed by atoms with E-state index in [0.29, 0.717) is 5.92 Å². The third-order valence-electron chi connectivity index (χ3n) is 11.4. The van der Waals surface area contributed by atoms with Crippen LogP contribution in [0.15, 0.2) is 0 Å². The van der Waals surface area contributed by atoms with Crippen molar-refractivity contribution in [1.29, 1.82) is 0 Å². The standard InChI is InChI=1S/C32H52O6/c1-22(2)28(6,17-27(3,4)5)26(33)38-29-15-23-16-32(37-25-12-8-10-14-35-25)21-30(18-29,20-31(23,32)19-29)36-24-11-7-9-13-34-24/h22-25H,7-21H2,1-6H3. The molecule has 6 aliphatic rings. The largest absolute Gasteiger partial charge is 0.459 e. The maximum atomic E-state index is 14.1. The van der Waals surface area contributed by atoms with Crippen molar-refractivity contribution in [3.63, 3.8) is 0 Å². The first-order valence-corrected chi connectivity index (χ1v) is 15.6. The molecule has 2 heterocycles. The molecule has 4 saturated carbocycles. The molecule has 0 N–H and O–H groups in total. The lowest BCUT2D eigenvalue weighted by molar-refractivity contribution is -0.299. The molecule has 6 rings (SSSR count). The van der Waals surface area contributed by atoms with E-state index in [2.05, 4.69) is 41.5 Å². The van der Waals surface area contributed by atoms with E-state index in [4.69, 9.17) is 23.7 Å².